The Morgan fingerprint density at radius 3 is 2.44 bits per heavy atom. The first-order chi connectivity index (χ1) is 7.74. The minimum atomic E-state index is 0.448. The fourth-order valence-corrected chi connectivity index (χ4v) is 1.64. The lowest BCUT2D eigenvalue weighted by Gasteiger charge is -2.19. The fourth-order valence-electron chi connectivity index (χ4n) is 1.64. The third kappa shape index (κ3) is 4.77. The lowest BCUT2D eigenvalue weighted by atomic mass is 10.00. The van der Waals surface area contributed by atoms with Crippen LogP contribution in [0.2, 0.25) is 0 Å². The highest BCUT2D eigenvalue weighted by molar-refractivity contribution is 5.20. The van der Waals surface area contributed by atoms with E-state index in [1.165, 1.54) is 5.56 Å². The Kier molecular flexibility index (Phi) is 6.12. The highest BCUT2D eigenvalue weighted by Crippen LogP contribution is 2.15. The molecule has 1 aromatic rings. The first kappa shape index (κ1) is 13.2. The molecule has 0 saturated heterocycles. The normalized spacial score (nSPS) is 13.0. The SMILES string of the molecule is CCOCC(CNC(C)C)c1ccccc1. The molecule has 1 aromatic carbocycles. The smallest absolute Gasteiger partial charge is 0.0546 e. The Balaban J connectivity index is 2.56. The van der Waals surface area contributed by atoms with Gasteiger partial charge in [-0.2, -0.15) is 0 Å². The summed E-state index contributed by atoms with van der Waals surface area (Å²) in [6.07, 6.45) is 0. The molecule has 1 atom stereocenters. The Labute approximate surface area is 99.0 Å². The molecule has 2 heteroatoms. The van der Waals surface area contributed by atoms with Crippen molar-refractivity contribution in [1.82, 2.24) is 5.32 Å². The molecule has 0 aliphatic heterocycles. The Morgan fingerprint density at radius 1 is 1.19 bits per heavy atom. The van der Waals surface area contributed by atoms with E-state index < -0.39 is 0 Å². The van der Waals surface area contributed by atoms with Crippen LogP contribution in [0.3, 0.4) is 0 Å². The third-order valence-electron chi connectivity index (χ3n) is 2.57. The molecule has 0 bridgehead atoms. The van der Waals surface area contributed by atoms with E-state index in [1.807, 2.05) is 6.92 Å². The predicted octanol–water partition coefficient (Wildman–Crippen LogP) is 2.80. The summed E-state index contributed by atoms with van der Waals surface area (Å²) in [7, 11) is 0. The number of nitrogens with one attached hydrogen (secondary N) is 1. The van der Waals surface area contributed by atoms with Crippen molar-refractivity contribution >= 4 is 0 Å². The van der Waals surface area contributed by atoms with Gasteiger partial charge in [-0.15, -0.1) is 0 Å². The summed E-state index contributed by atoms with van der Waals surface area (Å²) in [6, 6.07) is 11.1. The van der Waals surface area contributed by atoms with E-state index in [0.717, 1.165) is 19.8 Å². The zero-order valence-corrected chi connectivity index (χ0v) is 10.6. The highest BCUT2D eigenvalue weighted by Gasteiger charge is 2.11. The molecule has 0 aromatic heterocycles. The van der Waals surface area contributed by atoms with Crippen LogP contribution < -0.4 is 5.32 Å². The molecule has 90 valence electrons. The second kappa shape index (κ2) is 7.42. The molecule has 0 aliphatic rings. The van der Waals surface area contributed by atoms with Crippen LogP contribution in [-0.2, 0) is 4.74 Å². The first-order valence-electron chi connectivity index (χ1n) is 6.10. The standard InChI is InChI=1S/C14H23NO/c1-4-16-11-14(10-15-12(2)3)13-8-6-5-7-9-13/h5-9,12,14-15H,4,10-11H2,1-3H3. The maximum Gasteiger partial charge on any atom is 0.0546 e. The van der Waals surface area contributed by atoms with Crippen LogP contribution in [0.4, 0.5) is 0 Å². The zero-order valence-electron chi connectivity index (χ0n) is 10.6. The quantitative estimate of drug-likeness (QED) is 0.764. The third-order valence-corrected chi connectivity index (χ3v) is 2.57. The average molecular weight is 221 g/mol. The van der Waals surface area contributed by atoms with Crippen LogP contribution in [0.5, 0.6) is 0 Å². The fraction of sp³-hybridized carbons (Fsp3) is 0.571. The lowest BCUT2D eigenvalue weighted by molar-refractivity contribution is 0.131. The number of rotatable bonds is 7. The predicted molar refractivity (Wildman–Crippen MR) is 68.8 cm³/mol. The van der Waals surface area contributed by atoms with Crippen molar-refractivity contribution < 1.29 is 4.74 Å². The number of benzene rings is 1. The molecule has 0 radical (unpaired) electrons. The van der Waals surface area contributed by atoms with Gasteiger partial charge in [-0.25, -0.2) is 0 Å². The maximum atomic E-state index is 5.54. The molecule has 1 unspecified atom stereocenters. The summed E-state index contributed by atoms with van der Waals surface area (Å²) in [5.41, 5.74) is 1.35. The average Bonchev–Trinajstić information content (AvgIpc) is 2.30. The van der Waals surface area contributed by atoms with Gasteiger partial charge in [0.15, 0.2) is 0 Å². The number of hydrogen-bond acceptors (Lipinski definition) is 2. The summed E-state index contributed by atoms with van der Waals surface area (Å²) in [4.78, 5) is 0. The van der Waals surface area contributed by atoms with E-state index in [-0.39, 0.29) is 0 Å². The first-order valence-corrected chi connectivity index (χ1v) is 6.10. The van der Waals surface area contributed by atoms with E-state index in [2.05, 4.69) is 49.5 Å². The van der Waals surface area contributed by atoms with Gasteiger partial charge in [-0.1, -0.05) is 44.2 Å². The number of ether oxygens (including phenoxy) is 1. The van der Waals surface area contributed by atoms with Gasteiger partial charge in [0.25, 0.3) is 0 Å². The summed E-state index contributed by atoms with van der Waals surface area (Å²) < 4.78 is 5.54. The molecule has 0 amide bonds. The Bertz CT molecular complexity index is 271. The maximum absolute atomic E-state index is 5.54. The van der Waals surface area contributed by atoms with Crippen molar-refractivity contribution in [3.63, 3.8) is 0 Å². The molecule has 0 spiro atoms. The van der Waals surface area contributed by atoms with E-state index in [0.29, 0.717) is 12.0 Å². The molecular formula is C14H23NO. The minimum Gasteiger partial charge on any atom is -0.381 e. The van der Waals surface area contributed by atoms with Crippen molar-refractivity contribution in [2.75, 3.05) is 19.8 Å². The second-order valence-electron chi connectivity index (χ2n) is 4.33. The minimum absolute atomic E-state index is 0.448. The summed E-state index contributed by atoms with van der Waals surface area (Å²) in [5.74, 6) is 0.448. The van der Waals surface area contributed by atoms with Gasteiger partial charge in [-0.3, -0.25) is 0 Å². The van der Waals surface area contributed by atoms with E-state index in [1.54, 1.807) is 0 Å². The van der Waals surface area contributed by atoms with Crippen LogP contribution in [0.15, 0.2) is 30.3 Å². The van der Waals surface area contributed by atoms with Gasteiger partial charge >= 0.3 is 0 Å². The van der Waals surface area contributed by atoms with Crippen LogP contribution >= 0.6 is 0 Å². The van der Waals surface area contributed by atoms with E-state index in [4.69, 9.17) is 4.74 Å². The second-order valence-corrected chi connectivity index (χ2v) is 4.33. The molecule has 0 saturated carbocycles. The van der Waals surface area contributed by atoms with Crippen LogP contribution in [0.25, 0.3) is 0 Å². The lowest BCUT2D eigenvalue weighted by Crippen LogP contribution is -2.30. The van der Waals surface area contributed by atoms with Gasteiger partial charge in [0.2, 0.25) is 0 Å². The molecule has 0 aliphatic carbocycles. The van der Waals surface area contributed by atoms with Gasteiger partial charge in [0, 0.05) is 25.1 Å². The van der Waals surface area contributed by atoms with Gasteiger partial charge in [0.05, 0.1) is 6.61 Å². The van der Waals surface area contributed by atoms with Gasteiger partial charge in [0.1, 0.15) is 0 Å². The molecule has 0 fully saturated rings. The van der Waals surface area contributed by atoms with Gasteiger partial charge in [-0.05, 0) is 12.5 Å². The van der Waals surface area contributed by atoms with E-state index in [9.17, 15) is 0 Å². The molecule has 0 heterocycles. The largest absolute Gasteiger partial charge is 0.381 e. The summed E-state index contributed by atoms with van der Waals surface area (Å²) in [5, 5.41) is 3.47. The van der Waals surface area contributed by atoms with E-state index >= 15 is 0 Å². The van der Waals surface area contributed by atoms with Crippen molar-refractivity contribution in [3.8, 4) is 0 Å². The Hall–Kier alpha value is -0.860. The summed E-state index contributed by atoms with van der Waals surface area (Å²) in [6.45, 7) is 8.93. The monoisotopic (exact) mass is 221 g/mol. The van der Waals surface area contributed by atoms with Crippen LogP contribution in [-0.4, -0.2) is 25.8 Å². The molecule has 16 heavy (non-hydrogen) atoms. The molecule has 1 rings (SSSR count). The topological polar surface area (TPSA) is 21.3 Å². The van der Waals surface area contributed by atoms with Crippen molar-refractivity contribution in [1.29, 1.82) is 0 Å². The summed E-state index contributed by atoms with van der Waals surface area (Å²) >= 11 is 0. The van der Waals surface area contributed by atoms with Crippen LogP contribution in [0.1, 0.15) is 32.3 Å². The van der Waals surface area contributed by atoms with Crippen molar-refractivity contribution in [2.45, 2.75) is 32.7 Å². The molecule has 2 nitrogen and oxygen atoms in total. The van der Waals surface area contributed by atoms with Gasteiger partial charge < -0.3 is 10.1 Å². The van der Waals surface area contributed by atoms with Crippen molar-refractivity contribution in [3.05, 3.63) is 35.9 Å². The zero-order chi connectivity index (χ0) is 11.8. The molecular weight excluding hydrogens is 198 g/mol. The molecule has 1 N–H and O–H groups in total. The van der Waals surface area contributed by atoms with Crippen LogP contribution in [0, 0.1) is 0 Å². The highest BCUT2D eigenvalue weighted by atomic mass is 16.5. The Morgan fingerprint density at radius 2 is 1.88 bits per heavy atom. The number of hydrogen-bond donors (Lipinski definition) is 1. The van der Waals surface area contributed by atoms with Crippen molar-refractivity contribution in [2.24, 2.45) is 0 Å².